The summed E-state index contributed by atoms with van der Waals surface area (Å²) >= 11 is 1.27. The number of likely N-dealkylation sites (tertiary alicyclic amines) is 1. The number of thiazole rings is 1. The first-order valence-corrected chi connectivity index (χ1v) is 8.43. The number of halogens is 3. The van der Waals surface area contributed by atoms with Gasteiger partial charge >= 0.3 is 6.18 Å². The zero-order chi connectivity index (χ0) is 18.0. The number of amides is 2. The number of hydrogen-bond donors (Lipinski definition) is 1. The van der Waals surface area contributed by atoms with Gasteiger partial charge in [0.15, 0.2) is 5.13 Å². The lowest BCUT2D eigenvalue weighted by molar-refractivity contribution is -0.137. The van der Waals surface area contributed by atoms with Gasteiger partial charge in [0.25, 0.3) is 5.91 Å². The Hall–Kier alpha value is -2.42. The number of nitrogens with zero attached hydrogens (tertiary/aromatic N) is 2. The SMILES string of the molecule is O=C(Nc1nccs1)C1CCCN1C(=O)c1ccc(C(F)(F)F)cc1. The fraction of sp³-hybridized carbons (Fsp3) is 0.312. The monoisotopic (exact) mass is 369 g/mol. The maximum absolute atomic E-state index is 12.6. The molecule has 5 nitrogen and oxygen atoms in total. The molecule has 1 unspecified atom stereocenters. The van der Waals surface area contributed by atoms with E-state index in [0.717, 1.165) is 24.3 Å². The van der Waals surface area contributed by atoms with Crippen LogP contribution >= 0.6 is 11.3 Å². The molecule has 2 aromatic rings. The second kappa shape index (κ2) is 6.83. The normalized spacial score (nSPS) is 17.6. The Bertz CT molecular complexity index is 760. The molecule has 132 valence electrons. The first-order valence-electron chi connectivity index (χ1n) is 7.55. The molecule has 1 aliphatic rings. The van der Waals surface area contributed by atoms with E-state index in [4.69, 9.17) is 0 Å². The van der Waals surface area contributed by atoms with E-state index in [1.807, 2.05) is 0 Å². The number of carbonyl (C=O) groups is 2. The summed E-state index contributed by atoms with van der Waals surface area (Å²) in [5.74, 6) is -0.793. The third-order valence-corrected chi connectivity index (χ3v) is 4.63. The Morgan fingerprint density at radius 2 is 1.96 bits per heavy atom. The first kappa shape index (κ1) is 17.4. The smallest absolute Gasteiger partial charge is 0.327 e. The summed E-state index contributed by atoms with van der Waals surface area (Å²) in [7, 11) is 0. The predicted molar refractivity (Wildman–Crippen MR) is 86.2 cm³/mol. The molecule has 3 rings (SSSR count). The molecule has 9 heteroatoms. The minimum atomic E-state index is -4.45. The van der Waals surface area contributed by atoms with Crippen LogP contribution < -0.4 is 5.32 Å². The van der Waals surface area contributed by atoms with Gasteiger partial charge in [0, 0.05) is 23.7 Å². The van der Waals surface area contributed by atoms with Crippen LogP contribution in [0.4, 0.5) is 18.3 Å². The van der Waals surface area contributed by atoms with Gasteiger partial charge < -0.3 is 10.2 Å². The second-order valence-electron chi connectivity index (χ2n) is 5.56. The van der Waals surface area contributed by atoms with Crippen LogP contribution in [0.15, 0.2) is 35.8 Å². The van der Waals surface area contributed by atoms with Gasteiger partial charge in [0.2, 0.25) is 5.91 Å². The summed E-state index contributed by atoms with van der Waals surface area (Å²) in [6, 6.07) is 3.36. The maximum atomic E-state index is 12.6. The van der Waals surface area contributed by atoms with Crippen molar-refractivity contribution in [1.82, 2.24) is 9.88 Å². The zero-order valence-electron chi connectivity index (χ0n) is 12.9. The summed E-state index contributed by atoms with van der Waals surface area (Å²) in [5.41, 5.74) is -0.689. The van der Waals surface area contributed by atoms with Crippen LogP contribution in [0.2, 0.25) is 0 Å². The number of hydrogen-bond acceptors (Lipinski definition) is 4. The van der Waals surface area contributed by atoms with Gasteiger partial charge in [-0.2, -0.15) is 13.2 Å². The van der Waals surface area contributed by atoms with Gasteiger partial charge in [-0.3, -0.25) is 9.59 Å². The minimum absolute atomic E-state index is 0.127. The summed E-state index contributed by atoms with van der Waals surface area (Å²) in [6.07, 6.45) is -1.74. The number of nitrogens with one attached hydrogen (secondary N) is 1. The second-order valence-corrected chi connectivity index (χ2v) is 6.45. The lowest BCUT2D eigenvalue weighted by Crippen LogP contribution is -2.43. The molecule has 0 saturated carbocycles. The molecule has 1 aromatic heterocycles. The summed E-state index contributed by atoms with van der Waals surface area (Å²) in [5, 5.41) is 4.82. The van der Waals surface area contributed by atoms with E-state index < -0.39 is 23.7 Å². The molecule has 2 amide bonds. The Morgan fingerprint density at radius 3 is 2.56 bits per heavy atom. The molecule has 2 heterocycles. The van der Waals surface area contributed by atoms with E-state index >= 15 is 0 Å². The molecule has 1 saturated heterocycles. The van der Waals surface area contributed by atoms with Crippen LogP contribution in [0.1, 0.15) is 28.8 Å². The third kappa shape index (κ3) is 3.81. The molecule has 1 aliphatic heterocycles. The number of aromatic nitrogens is 1. The van der Waals surface area contributed by atoms with Crippen LogP contribution in [0.25, 0.3) is 0 Å². The lowest BCUT2D eigenvalue weighted by Gasteiger charge is -2.23. The van der Waals surface area contributed by atoms with Gasteiger partial charge in [-0.1, -0.05) is 0 Å². The molecule has 1 atom stereocenters. The summed E-state index contributed by atoms with van der Waals surface area (Å²) in [6.45, 7) is 0.385. The van der Waals surface area contributed by atoms with E-state index in [9.17, 15) is 22.8 Å². The van der Waals surface area contributed by atoms with Crippen molar-refractivity contribution < 1.29 is 22.8 Å². The standard InChI is InChI=1S/C16H14F3N3O2S/c17-16(18,19)11-5-3-10(4-6-11)14(24)22-8-1-2-12(22)13(23)21-15-20-7-9-25-15/h3-7,9,12H,1-2,8H2,(H,20,21,23). The Kier molecular flexibility index (Phi) is 4.76. The molecular formula is C16H14F3N3O2S. The van der Waals surface area contributed by atoms with E-state index in [2.05, 4.69) is 10.3 Å². The van der Waals surface area contributed by atoms with E-state index in [1.54, 1.807) is 11.6 Å². The zero-order valence-corrected chi connectivity index (χ0v) is 13.7. The fourth-order valence-corrected chi connectivity index (χ4v) is 3.26. The van der Waals surface area contributed by atoms with Crippen molar-refractivity contribution in [2.45, 2.75) is 25.1 Å². The minimum Gasteiger partial charge on any atom is -0.327 e. The van der Waals surface area contributed by atoms with Crippen LogP contribution in [-0.4, -0.2) is 34.3 Å². The number of carbonyl (C=O) groups excluding carboxylic acids is 2. The van der Waals surface area contributed by atoms with Crippen LogP contribution in [0.5, 0.6) is 0 Å². The lowest BCUT2D eigenvalue weighted by atomic mass is 10.1. The summed E-state index contributed by atoms with van der Waals surface area (Å²) < 4.78 is 37.8. The molecule has 1 fully saturated rings. The molecule has 0 spiro atoms. The van der Waals surface area contributed by atoms with Crippen LogP contribution in [-0.2, 0) is 11.0 Å². The Balaban J connectivity index is 1.73. The van der Waals surface area contributed by atoms with Crippen molar-refractivity contribution in [2.24, 2.45) is 0 Å². The van der Waals surface area contributed by atoms with Crippen molar-refractivity contribution >= 4 is 28.3 Å². The highest BCUT2D eigenvalue weighted by atomic mass is 32.1. The van der Waals surface area contributed by atoms with Gasteiger partial charge in [0.05, 0.1) is 5.56 Å². The highest BCUT2D eigenvalue weighted by Crippen LogP contribution is 2.30. The number of rotatable bonds is 3. The number of anilines is 1. The number of alkyl halides is 3. The molecule has 25 heavy (non-hydrogen) atoms. The molecule has 1 aromatic carbocycles. The van der Waals surface area contributed by atoms with Gasteiger partial charge in [-0.25, -0.2) is 4.98 Å². The molecule has 0 aliphatic carbocycles. The van der Waals surface area contributed by atoms with Crippen molar-refractivity contribution in [3.8, 4) is 0 Å². The highest BCUT2D eigenvalue weighted by Gasteiger charge is 2.35. The van der Waals surface area contributed by atoms with Crippen molar-refractivity contribution in [2.75, 3.05) is 11.9 Å². The predicted octanol–water partition coefficient (Wildman–Crippen LogP) is 3.41. The quantitative estimate of drug-likeness (QED) is 0.902. The van der Waals surface area contributed by atoms with Gasteiger partial charge in [0.1, 0.15) is 6.04 Å². The van der Waals surface area contributed by atoms with Crippen LogP contribution in [0.3, 0.4) is 0 Å². The average molecular weight is 369 g/mol. The maximum Gasteiger partial charge on any atom is 0.416 e. The molecule has 0 bridgehead atoms. The third-order valence-electron chi connectivity index (χ3n) is 3.94. The summed E-state index contributed by atoms with van der Waals surface area (Å²) in [4.78, 5) is 30.3. The van der Waals surface area contributed by atoms with Gasteiger partial charge in [-0.15, -0.1) is 11.3 Å². The Labute approximate surface area is 145 Å². The van der Waals surface area contributed by atoms with Crippen molar-refractivity contribution in [3.63, 3.8) is 0 Å². The van der Waals surface area contributed by atoms with Gasteiger partial charge in [-0.05, 0) is 37.1 Å². The highest BCUT2D eigenvalue weighted by molar-refractivity contribution is 7.13. The van der Waals surface area contributed by atoms with E-state index in [0.29, 0.717) is 24.5 Å². The molecule has 0 radical (unpaired) electrons. The first-order chi connectivity index (χ1) is 11.9. The number of benzene rings is 1. The molecule has 1 N–H and O–H groups in total. The van der Waals surface area contributed by atoms with E-state index in [-0.39, 0.29) is 11.5 Å². The largest absolute Gasteiger partial charge is 0.416 e. The van der Waals surface area contributed by atoms with Crippen LogP contribution in [0, 0.1) is 0 Å². The molecular weight excluding hydrogens is 355 g/mol. The van der Waals surface area contributed by atoms with E-state index in [1.165, 1.54) is 16.2 Å². The average Bonchev–Trinajstić information content (AvgIpc) is 3.24. The van der Waals surface area contributed by atoms with Crippen molar-refractivity contribution in [1.29, 1.82) is 0 Å². The van der Waals surface area contributed by atoms with Crippen molar-refractivity contribution in [3.05, 3.63) is 47.0 Å². The Morgan fingerprint density at radius 1 is 1.24 bits per heavy atom. The fourth-order valence-electron chi connectivity index (χ4n) is 2.72. The topological polar surface area (TPSA) is 62.3 Å².